The molecule has 1 N–H and O–H groups in total. The molecule has 4 heteroatoms. The SMILES string of the molecule is COc1ccc(C(=O)NCC[C@H]2CCCCO2)cc1C. The number of carbonyl (C=O) groups is 1. The van der Waals surface area contributed by atoms with Crippen molar-refractivity contribution >= 4 is 5.91 Å². The van der Waals surface area contributed by atoms with E-state index in [9.17, 15) is 4.79 Å². The lowest BCUT2D eigenvalue weighted by Gasteiger charge is -2.22. The molecule has 1 aromatic rings. The number of nitrogens with one attached hydrogen (secondary N) is 1. The number of benzene rings is 1. The van der Waals surface area contributed by atoms with Crippen LogP contribution in [0.1, 0.15) is 41.6 Å². The van der Waals surface area contributed by atoms with E-state index in [1.54, 1.807) is 13.2 Å². The van der Waals surface area contributed by atoms with Crippen molar-refractivity contribution in [1.29, 1.82) is 0 Å². The third kappa shape index (κ3) is 3.97. The van der Waals surface area contributed by atoms with Gasteiger partial charge < -0.3 is 14.8 Å². The third-order valence-electron chi connectivity index (χ3n) is 3.68. The van der Waals surface area contributed by atoms with Crippen molar-refractivity contribution in [3.8, 4) is 5.75 Å². The summed E-state index contributed by atoms with van der Waals surface area (Å²) in [4.78, 5) is 12.0. The second-order valence-electron chi connectivity index (χ2n) is 5.22. The second kappa shape index (κ2) is 7.29. The number of hydrogen-bond acceptors (Lipinski definition) is 3. The van der Waals surface area contributed by atoms with Gasteiger partial charge in [0.1, 0.15) is 5.75 Å². The summed E-state index contributed by atoms with van der Waals surface area (Å²) in [5.74, 6) is 0.767. The van der Waals surface area contributed by atoms with Gasteiger partial charge >= 0.3 is 0 Å². The molecule has 1 aromatic carbocycles. The second-order valence-corrected chi connectivity index (χ2v) is 5.22. The molecular formula is C16H23NO3. The minimum absolute atomic E-state index is 0.0356. The van der Waals surface area contributed by atoms with Gasteiger partial charge in [0.15, 0.2) is 0 Å². The minimum Gasteiger partial charge on any atom is -0.496 e. The first kappa shape index (κ1) is 14.9. The highest BCUT2D eigenvalue weighted by atomic mass is 16.5. The summed E-state index contributed by atoms with van der Waals surface area (Å²) < 4.78 is 10.8. The molecule has 1 aliphatic rings. The molecule has 1 amide bonds. The summed E-state index contributed by atoms with van der Waals surface area (Å²) in [6, 6.07) is 5.47. The Morgan fingerprint density at radius 2 is 2.30 bits per heavy atom. The maximum Gasteiger partial charge on any atom is 0.251 e. The zero-order valence-electron chi connectivity index (χ0n) is 12.3. The Labute approximate surface area is 120 Å². The summed E-state index contributed by atoms with van der Waals surface area (Å²) >= 11 is 0. The van der Waals surface area contributed by atoms with Gasteiger partial charge in [-0.3, -0.25) is 4.79 Å². The van der Waals surface area contributed by atoms with E-state index in [0.717, 1.165) is 37.2 Å². The van der Waals surface area contributed by atoms with E-state index in [0.29, 0.717) is 18.2 Å². The van der Waals surface area contributed by atoms with E-state index < -0.39 is 0 Å². The Morgan fingerprint density at radius 1 is 1.45 bits per heavy atom. The van der Waals surface area contributed by atoms with Crippen molar-refractivity contribution < 1.29 is 14.3 Å². The number of rotatable bonds is 5. The molecular weight excluding hydrogens is 254 g/mol. The van der Waals surface area contributed by atoms with Crippen LogP contribution in [0.5, 0.6) is 5.75 Å². The number of carbonyl (C=O) groups excluding carboxylic acids is 1. The Kier molecular flexibility index (Phi) is 5.41. The predicted octanol–water partition coefficient (Wildman–Crippen LogP) is 2.69. The van der Waals surface area contributed by atoms with Gasteiger partial charge in [-0.1, -0.05) is 0 Å². The molecule has 1 heterocycles. The van der Waals surface area contributed by atoms with E-state index in [4.69, 9.17) is 9.47 Å². The van der Waals surface area contributed by atoms with E-state index >= 15 is 0 Å². The fourth-order valence-electron chi connectivity index (χ4n) is 2.50. The maximum absolute atomic E-state index is 12.0. The van der Waals surface area contributed by atoms with Crippen LogP contribution in [-0.2, 0) is 4.74 Å². The van der Waals surface area contributed by atoms with E-state index in [2.05, 4.69) is 5.32 Å². The zero-order chi connectivity index (χ0) is 14.4. The van der Waals surface area contributed by atoms with Gasteiger partial charge in [-0.15, -0.1) is 0 Å². The average Bonchev–Trinajstić information content (AvgIpc) is 2.48. The first-order valence-electron chi connectivity index (χ1n) is 7.25. The van der Waals surface area contributed by atoms with Crippen LogP contribution in [0.3, 0.4) is 0 Å². The lowest BCUT2D eigenvalue weighted by molar-refractivity contribution is 0.0117. The molecule has 0 saturated carbocycles. The number of ether oxygens (including phenoxy) is 2. The molecule has 1 aliphatic heterocycles. The summed E-state index contributed by atoms with van der Waals surface area (Å²) in [5.41, 5.74) is 1.64. The molecule has 1 atom stereocenters. The van der Waals surface area contributed by atoms with Crippen LogP contribution in [0.25, 0.3) is 0 Å². The van der Waals surface area contributed by atoms with Crippen LogP contribution < -0.4 is 10.1 Å². The van der Waals surface area contributed by atoms with E-state index in [1.165, 1.54) is 6.42 Å². The first-order valence-corrected chi connectivity index (χ1v) is 7.25. The van der Waals surface area contributed by atoms with Gasteiger partial charge in [-0.25, -0.2) is 0 Å². The molecule has 0 radical (unpaired) electrons. The van der Waals surface area contributed by atoms with Crippen LogP contribution in [0.15, 0.2) is 18.2 Å². The summed E-state index contributed by atoms with van der Waals surface area (Å²) in [5, 5.41) is 2.95. The fourth-order valence-corrected chi connectivity index (χ4v) is 2.50. The molecule has 2 rings (SSSR count). The number of amides is 1. The molecule has 20 heavy (non-hydrogen) atoms. The van der Waals surface area contributed by atoms with E-state index in [-0.39, 0.29) is 5.91 Å². The predicted molar refractivity (Wildman–Crippen MR) is 78.3 cm³/mol. The molecule has 0 unspecified atom stereocenters. The fraction of sp³-hybridized carbons (Fsp3) is 0.562. The molecule has 0 aliphatic carbocycles. The molecule has 110 valence electrons. The smallest absolute Gasteiger partial charge is 0.251 e. The van der Waals surface area contributed by atoms with Crippen LogP contribution in [0.4, 0.5) is 0 Å². The van der Waals surface area contributed by atoms with Crippen LogP contribution >= 0.6 is 0 Å². The van der Waals surface area contributed by atoms with Crippen molar-refractivity contribution in [3.05, 3.63) is 29.3 Å². The Balaban J connectivity index is 1.80. The Hall–Kier alpha value is -1.55. The van der Waals surface area contributed by atoms with Crippen molar-refractivity contribution in [2.45, 2.75) is 38.7 Å². The Bertz CT molecular complexity index is 453. The normalized spacial score (nSPS) is 18.6. The lowest BCUT2D eigenvalue weighted by Crippen LogP contribution is -2.29. The average molecular weight is 277 g/mol. The van der Waals surface area contributed by atoms with Crippen LogP contribution in [0, 0.1) is 6.92 Å². The first-order chi connectivity index (χ1) is 9.70. The minimum atomic E-state index is -0.0356. The summed E-state index contributed by atoms with van der Waals surface area (Å²) in [7, 11) is 1.63. The molecule has 1 saturated heterocycles. The van der Waals surface area contributed by atoms with Gasteiger partial charge in [0.2, 0.25) is 0 Å². The highest BCUT2D eigenvalue weighted by Crippen LogP contribution is 2.18. The summed E-state index contributed by atoms with van der Waals surface area (Å²) in [6.45, 7) is 3.45. The maximum atomic E-state index is 12.0. The molecule has 4 nitrogen and oxygen atoms in total. The number of hydrogen-bond donors (Lipinski definition) is 1. The largest absolute Gasteiger partial charge is 0.496 e. The molecule has 0 aromatic heterocycles. The van der Waals surface area contributed by atoms with Crippen LogP contribution in [0.2, 0.25) is 0 Å². The lowest BCUT2D eigenvalue weighted by atomic mass is 10.1. The zero-order valence-corrected chi connectivity index (χ0v) is 12.3. The summed E-state index contributed by atoms with van der Waals surface area (Å²) in [6.07, 6.45) is 4.70. The molecule has 0 spiro atoms. The highest BCUT2D eigenvalue weighted by molar-refractivity contribution is 5.94. The number of methoxy groups -OCH3 is 1. The topological polar surface area (TPSA) is 47.6 Å². The molecule has 1 fully saturated rings. The van der Waals surface area contributed by atoms with Gasteiger partial charge in [-0.05, 0) is 56.4 Å². The van der Waals surface area contributed by atoms with Gasteiger partial charge in [-0.2, -0.15) is 0 Å². The van der Waals surface area contributed by atoms with E-state index in [1.807, 2.05) is 19.1 Å². The quantitative estimate of drug-likeness (QED) is 0.900. The standard InChI is InChI=1S/C16H23NO3/c1-12-11-13(6-7-15(12)19-2)16(18)17-9-8-14-5-3-4-10-20-14/h6-7,11,14H,3-5,8-10H2,1-2H3,(H,17,18)/t14-/m1/s1. The highest BCUT2D eigenvalue weighted by Gasteiger charge is 2.14. The van der Waals surface area contributed by atoms with Crippen LogP contribution in [-0.4, -0.2) is 32.3 Å². The monoisotopic (exact) mass is 277 g/mol. The molecule has 0 bridgehead atoms. The van der Waals surface area contributed by atoms with Gasteiger partial charge in [0, 0.05) is 18.7 Å². The van der Waals surface area contributed by atoms with Crippen molar-refractivity contribution in [2.24, 2.45) is 0 Å². The Morgan fingerprint density at radius 3 is 2.95 bits per heavy atom. The van der Waals surface area contributed by atoms with Gasteiger partial charge in [0.05, 0.1) is 13.2 Å². The van der Waals surface area contributed by atoms with Crippen molar-refractivity contribution in [2.75, 3.05) is 20.3 Å². The van der Waals surface area contributed by atoms with Gasteiger partial charge in [0.25, 0.3) is 5.91 Å². The number of aryl methyl sites for hydroxylation is 1. The third-order valence-corrected chi connectivity index (χ3v) is 3.68. The van der Waals surface area contributed by atoms with Crippen molar-refractivity contribution in [1.82, 2.24) is 5.32 Å². The van der Waals surface area contributed by atoms with Crippen molar-refractivity contribution in [3.63, 3.8) is 0 Å².